The first-order valence-corrected chi connectivity index (χ1v) is 14.8. The molecule has 0 saturated heterocycles. The fraction of sp³-hybridized carbons (Fsp3) is 0.500. The summed E-state index contributed by atoms with van der Waals surface area (Å²) in [6, 6.07) is 30.3. The topological polar surface area (TPSA) is 18.5 Å². The monoisotopic (exact) mass is 512 g/mol. The number of hydrogen-bond acceptors (Lipinski definition) is 2. The molecular formula is C36H48O2. The van der Waals surface area contributed by atoms with Gasteiger partial charge in [0.15, 0.2) is 0 Å². The van der Waals surface area contributed by atoms with Crippen molar-refractivity contribution in [2.24, 2.45) is 11.3 Å². The van der Waals surface area contributed by atoms with E-state index in [4.69, 9.17) is 9.47 Å². The van der Waals surface area contributed by atoms with E-state index in [1.807, 2.05) is 0 Å². The minimum Gasteiger partial charge on any atom is -0.464 e. The molecule has 0 radical (unpaired) electrons. The van der Waals surface area contributed by atoms with Gasteiger partial charge in [-0.05, 0) is 78.7 Å². The number of rotatable bonds is 11. The minimum atomic E-state index is -0.472. The van der Waals surface area contributed by atoms with E-state index in [0.29, 0.717) is 17.3 Å². The summed E-state index contributed by atoms with van der Waals surface area (Å²) in [6.45, 7) is 13.8. The molecule has 0 bridgehead atoms. The molecule has 0 spiro atoms. The smallest absolute Gasteiger partial charge is 0.213 e. The summed E-state index contributed by atoms with van der Waals surface area (Å²) in [7, 11) is 0. The lowest BCUT2D eigenvalue weighted by Crippen LogP contribution is -2.46. The number of ether oxygens (including phenoxy) is 2. The first-order valence-electron chi connectivity index (χ1n) is 14.8. The summed E-state index contributed by atoms with van der Waals surface area (Å²) in [5.41, 5.74) is 3.63. The molecule has 2 heteroatoms. The Balaban J connectivity index is 1.70. The molecule has 0 N–H and O–H groups in total. The van der Waals surface area contributed by atoms with Crippen molar-refractivity contribution in [3.63, 3.8) is 0 Å². The molecule has 4 rings (SSSR count). The average Bonchev–Trinajstić information content (AvgIpc) is 3.39. The van der Waals surface area contributed by atoms with Crippen molar-refractivity contribution in [3.8, 4) is 5.75 Å². The van der Waals surface area contributed by atoms with Crippen LogP contribution in [0, 0.1) is 11.3 Å². The predicted octanol–water partition coefficient (Wildman–Crippen LogP) is 9.92. The summed E-state index contributed by atoms with van der Waals surface area (Å²) < 4.78 is 13.9. The largest absolute Gasteiger partial charge is 0.464 e. The van der Waals surface area contributed by atoms with Crippen LogP contribution < -0.4 is 4.74 Å². The molecule has 4 atom stereocenters. The predicted molar refractivity (Wildman–Crippen MR) is 160 cm³/mol. The normalized spacial score (nSPS) is 19.7. The van der Waals surface area contributed by atoms with E-state index < -0.39 is 11.7 Å². The first-order chi connectivity index (χ1) is 18.2. The first kappa shape index (κ1) is 28.4. The summed E-state index contributed by atoms with van der Waals surface area (Å²) in [6.07, 6.45) is 6.79. The summed E-state index contributed by atoms with van der Waals surface area (Å²) in [5, 5.41) is 0. The molecule has 2 nitrogen and oxygen atoms in total. The molecule has 1 aliphatic rings. The second-order valence-electron chi connectivity index (χ2n) is 12.6. The maximum Gasteiger partial charge on any atom is 0.213 e. The molecule has 0 heterocycles. The Kier molecular flexibility index (Phi) is 9.36. The van der Waals surface area contributed by atoms with Gasteiger partial charge in [-0.15, -0.1) is 0 Å². The Hall–Kier alpha value is -2.58. The van der Waals surface area contributed by atoms with Crippen LogP contribution in [0.25, 0.3) is 0 Å². The lowest BCUT2D eigenvalue weighted by atomic mass is 9.75. The van der Waals surface area contributed by atoms with Crippen molar-refractivity contribution in [2.45, 2.75) is 104 Å². The molecule has 1 aliphatic carbocycles. The number of hydrogen-bond donors (Lipinski definition) is 0. The molecule has 204 valence electrons. The number of benzene rings is 3. The standard InChI is InChI=1S/C36H48O2/c1-7-27-16-15-21-33(27)38-34(36(6,30-17-11-9-12-18-30)31-19-13-10-14-20-31)37-32-24-22-29(23-25-32)28(8-2)26-35(3,4)5/h9-14,17-20,22-25,27-28,33-34H,7-8,15-16,21,26H2,1-6H3. The van der Waals surface area contributed by atoms with Crippen LogP contribution in [-0.4, -0.2) is 12.4 Å². The van der Waals surface area contributed by atoms with Gasteiger partial charge in [-0.3, -0.25) is 0 Å². The molecule has 0 amide bonds. The fourth-order valence-electron chi connectivity index (χ4n) is 6.28. The Morgan fingerprint density at radius 3 is 1.84 bits per heavy atom. The van der Waals surface area contributed by atoms with Crippen molar-refractivity contribution in [3.05, 3.63) is 102 Å². The van der Waals surface area contributed by atoms with Crippen LogP contribution >= 0.6 is 0 Å². The lowest BCUT2D eigenvalue weighted by molar-refractivity contribution is -0.157. The highest BCUT2D eigenvalue weighted by molar-refractivity contribution is 5.40. The third kappa shape index (κ3) is 6.70. The molecule has 0 aliphatic heterocycles. The van der Waals surface area contributed by atoms with Crippen LogP contribution in [0.4, 0.5) is 0 Å². The minimum absolute atomic E-state index is 0.215. The second kappa shape index (κ2) is 12.5. The van der Waals surface area contributed by atoms with E-state index in [9.17, 15) is 0 Å². The molecule has 3 aromatic carbocycles. The van der Waals surface area contributed by atoms with Crippen LogP contribution in [0.3, 0.4) is 0 Å². The van der Waals surface area contributed by atoms with Gasteiger partial charge in [-0.2, -0.15) is 0 Å². The highest BCUT2D eigenvalue weighted by atomic mass is 16.7. The van der Waals surface area contributed by atoms with Crippen LogP contribution in [0.1, 0.15) is 103 Å². The maximum atomic E-state index is 7.04. The van der Waals surface area contributed by atoms with Gasteiger partial charge in [-0.25, -0.2) is 0 Å². The van der Waals surface area contributed by atoms with E-state index in [1.54, 1.807) is 0 Å². The molecule has 4 unspecified atom stereocenters. The molecule has 3 aromatic rings. The van der Waals surface area contributed by atoms with Crippen molar-refractivity contribution < 1.29 is 9.47 Å². The van der Waals surface area contributed by atoms with Crippen molar-refractivity contribution in [1.82, 2.24) is 0 Å². The van der Waals surface area contributed by atoms with Gasteiger partial charge in [-0.1, -0.05) is 120 Å². The average molecular weight is 513 g/mol. The fourth-order valence-corrected chi connectivity index (χ4v) is 6.28. The van der Waals surface area contributed by atoms with Gasteiger partial charge >= 0.3 is 0 Å². The quantitative estimate of drug-likeness (QED) is 0.238. The SMILES string of the molecule is CCC(CC(C)(C)C)c1ccc(OC(OC2CCCC2CC)C(C)(c2ccccc2)c2ccccc2)cc1. The third-order valence-electron chi connectivity index (χ3n) is 8.58. The van der Waals surface area contributed by atoms with Gasteiger partial charge in [0.1, 0.15) is 5.75 Å². The van der Waals surface area contributed by atoms with Crippen molar-refractivity contribution >= 4 is 0 Å². The zero-order valence-corrected chi connectivity index (χ0v) is 24.5. The molecule has 1 fully saturated rings. The highest BCUT2D eigenvalue weighted by Gasteiger charge is 2.43. The molecular weight excluding hydrogens is 464 g/mol. The van der Waals surface area contributed by atoms with Gasteiger partial charge < -0.3 is 9.47 Å². The summed E-state index contributed by atoms with van der Waals surface area (Å²) >= 11 is 0. The van der Waals surface area contributed by atoms with Crippen LogP contribution in [0.15, 0.2) is 84.9 Å². The van der Waals surface area contributed by atoms with Crippen molar-refractivity contribution in [1.29, 1.82) is 0 Å². The zero-order valence-electron chi connectivity index (χ0n) is 24.5. The Morgan fingerprint density at radius 2 is 1.34 bits per heavy atom. The summed E-state index contributed by atoms with van der Waals surface area (Å²) in [5.74, 6) is 2.01. The Labute approximate surface area is 231 Å². The van der Waals surface area contributed by atoms with E-state index in [2.05, 4.69) is 126 Å². The maximum absolute atomic E-state index is 7.04. The third-order valence-corrected chi connectivity index (χ3v) is 8.58. The Morgan fingerprint density at radius 1 is 0.763 bits per heavy atom. The van der Waals surface area contributed by atoms with E-state index >= 15 is 0 Å². The van der Waals surface area contributed by atoms with Gasteiger partial charge in [0, 0.05) is 0 Å². The van der Waals surface area contributed by atoms with Crippen LogP contribution in [0.2, 0.25) is 0 Å². The van der Waals surface area contributed by atoms with Gasteiger partial charge in [0.2, 0.25) is 6.29 Å². The second-order valence-corrected chi connectivity index (χ2v) is 12.6. The molecule has 38 heavy (non-hydrogen) atoms. The lowest BCUT2D eigenvalue weighted by Gasteiger charge is -2.40. The van der Waals surface area contributed by atoms with Gasteiger partial charge in [0.25, 0.3) is 0 Å². The van der Waals surface area contributed by atoms with Crippen LogP contribution in [0.5, 0.6) is 5.75 Å². The van der Waals surface area contributed by atoms with Gasteiger partial charge in [0.05, 0.1) is 11.5 Å². The van der Waals surface area contributed by atoms with E-state index in [0.717, 1.165) is 25.0 Å². The van der Waals surface area contributed by atoms with E-state index in [-0.39, 0.29) is 6.10 Å². The Bertz CT molecular complexity index is 1060. The van der Waals surface area contributed by atoms with E-state index in [1.165, 1.54) is 36.0 Å². The zero-order chi connectivity index (χ0) is 27.2. The molecule has 0 aromatic heterocycles. The van der Waals surface area contributed by atoms with Crippen molar-refractivity contribution in [2.75, 3.05) is 0 Å². The van der Waals surface area contributed by atoms with Crippen LogP contribution in [-0.2, 0) is 10.2 Å². The highest BCUT2D eigenvalue weighted by Crippen LogP contribution is 2.42. The summed E-state index contributed by atoms with van der Waals surface area (Å²) in [4.78, 5) is 0. The molecule has 1 saturated carbocycles.